The summed E-state index contributed by atoms with van der Waals surface area (Å²) in [6.07, 6.45) is -0.426. The minimum Gasteiger partial charge on any atom is -0.384 e. The number of aromatic amines is 1. The normalized spacial score (nSPS) is 17.6. The Hall–Kier alpha value is -2.06. The molecule has 1 atom stereocenters. The largest absolute Gasteiger partial charge is 0.384 e. The van der Waals surface area contributed by atoms with Crippen LogP contribution >= 0.6 is 11.6 Å². The summed E-state index contributed by atoms with van der Waals surface area (Å²) in [6, 6.07) is 5.10. The Kier molecular flexibility index (Phi) is 3.37. The highest BCUT2D eigenvalue weighted by Crippen LogP contribution is 2.24. The van der Waals surface area contributed by atoms with Crippen LogP contribution in [0.1, 0.15) is 6.92 Å². The van der Waals surface area contributed by atoms with E-state index in [2.05, 4.69) is 15.3 Å². The van der Waals surface area contributed by atoms with E-state index in [0.29, 0.717) is 0 Å². The Bertz CT molecular complexity index is 984. The first-order valence-electron chi connectivity index (χ1n) is 6.33. The molecule has 2 aromatic rings. The zero-order valence-electron chi connectivity index (χ0n) is 11.4. The Balaban J connectivity index is 2.39. The van der Waals surface area contributed by atoms with E-state index in [9.17, 15) is 12.8 Å². The number of rotatable bonds is 2. The van der Waals surface area contributed by atoms with E-state index in [4.69, 9.17) is 17.3 Å². The first kappa shape index (κ1) is 14.9. The number of hydrogen-bond donors (Lipinski definition) is 3. The number of sulfone groups is 1. The van der Waals surface area contributed by atoms with Crippen LogP contribution in [0, 0.1) is 5.82 Å². The summed E-state index contributed by atoms with van der Waals surface area (Å²) in [5.74, 6) is -0.986. The Morgan fingerprint density at radius 2 is 2.05 bits per heavy atom. The van der Waals surface area contributed by atoms with Gasteiger partial charge in [0.1, 0.15) is 43.5 Å². The molecule has 0 saturated carbocycles. The van der Waals surface area contributed by atoms with Gasteiger partial charge < -0.3 is 16.0 Å². The van der Waals surface area contributed by atoms with Gasteiger partial charge >= 0.3 is 0 Å². The second kappa shape index (κ2) is 4.99. The molecule has 0 aliphatic carbocycles. The zero-order valence-corrected chi connectivity index (χ0v) is 13.0. The van der Waals surface area contributed by atoms with Crippen LogP contribution in [-0.2, 0) is 9.84 Å². The van der Waals surface area contributed by atoms with Crippen molar-refractivity contribution in [2.75, 3.05) is 5.73 Å². The first-order valence-corrected chi connectivity index (χ1v) is 8.19. The molecule has 0 amide bonds. The van der Waals surface area contributed by atoms with Gasteiger partial charge in [-0.2, -0.15) is 0 Å². The lowest BCUT2D eigenvalue weighted by Crippen LogP contribution is -2.41. The third kappa shape index (κ3) is 2.15. The third-order valence-electron chi connectivity index (χ3n) is 3.23. The van der Waals surface area contributed by atoms with Crippen LogP contribution in [0.5, 0.6) is 0 Å². The maximum atomic E-state index is 13.9. The average Bonchev–Trinajstić information content (AvgIpc) is 2.76. The third-order valence-corrected chi connectivity index (χ3v) is 5.39. The molecule has 4 N–H and O–H groups in total. The Labute approximate surface area is 130 Å². The van der Waals surface area contributed by atoms with Crippen molar-refractivity contribution in [3.05, 3.63) is 40.8 Å². The number of halogens is 2. The summed E-state index contributed by atoms with van der Waals surface area (Å²) in [7, 11) is -4.17. The predicted octanol–water partition coefficient (Wildman–Crippen LogP) is 0.442. The number of benzene rings is 1. The van der Waals surface area contributed by atoms with Gasteiger partial charge in [0.2, 0.25) is 9.84 Å². The van der Waals surface area contributed by atoms with Gasteiger partial charge in [-0.15, -0.1) is 0 Å². The van der Waals surface area contributed by atoms with Gasteiger partial charge in [0.15, 0.2) is 0 Å². The Morgan fingerprint density at radius 1 is 1.36 bits per heavy atom. The van der Waals surface area contributed by atoms with Crippen molar-refractivity contribution in [1.29, 1.82) is 0 Å². The highest BCUT2D eigenvalue weighted by atomic mass is 35.5. The quantitative estimate of drug-likeness (QED) is 0.689. The molecule has 3 rings (SSSR count). The van der Waals surface area contributed by atoms with Crippen LogP contribution in [0.4, 0.5) is 10.2 Å². The summed E-state index contributed by atoms with van der Waals surface area (Å²) in [5.41, 5.74) is 5.79. The van der Waals surface area contributed by atoms with Gasteiger partial charge in [-0.1, -0.05) is 23.7 Å². The van der Waals surface area contributed by atoms with Crippen LogP contribution in [0.25, 0.3) is 5.16 Å². The fourth-order valence-electron chi connectivity index (χ4n) is 2.30. The van der Waals surface area contributed by atoms with Gasteiger partial charge in [0.05, 0.1) is 0 Å². The number of aromatic nitrogens is 1. The maximum absolute atomic E-state index is 13.9. The molecule has 0 spiro atoms. The molecule has 1 aliphatic heterocycles. The van der Waals surface area contributed by atoms with E-state index < -0.39 is 26.7 Å². The second-order valence-corrected chi connectivity index (χ2v) is 7.02. The number of nitrogens with one attached hydrogen (secondary N) is 2. The summed E-state index contributed by atoms with van der Waals surface area (Å²) in [4.78, 5) is 6.17. The molecule has 0 radical (unpaired) electrons. The van der Waals surface area contributed by atoms with Crippen molar-refractivity contribution in [1.82, 2.24) is 10.3 Å². The van der Waals surface area contributed by atoms with E-state index in [1.165, 1.54) is 18.2 Å². The Morgan fingerprint density at radius 3 is 2.73 bits per heavy atom. The van der Waals surface area contributed by atoms with Gasteiger partial charge in [-0.3, -0.25) is 4.99 Å². The molecule has 0 bridgehead atoms. The molecule has 0 fully saturated rings. The molecule has 1 aliphatic rings. The SMILES string of the molecule is CC1N=c2c(S(=O)(=O)c3ccccc3F)c(N)[nH]c2=C(Cl)N1. The van der Waals surface area contributed by atoms with Gasteiger partial charge in [0.25, 0.3) is 0 Å². The predicted molar refractivity (Wildman–Crippen MR) is 79.7 cm³/mol. The molecule has 2 heterocycles. The van der Waals surface area contributed by atoms with Crippen molar-refractivity contribution in [2.24, 2.45) is 4.99 Å². The van der Waals surface area contributed by atoms with Crippen LogP contribution in [0.3, 0.4) is 0 Å². The van der Waals surface area contributed by atoms with Gasteiger partial charge in [0, 0.05) is 0 Å². The molecule has 1 aromatic carbocycles. The average molecular weight is 343 g/mol. The van der Waals surface area contributed by atoms with E-state index in [0.717, 1.165) is 6.07 Å². The van der Waals surface area contributed by atoms with E-state index in [-0.39, 0.29) is 26.6 Å². The number of fused-ring (bicyclic) bond motifs is 1. The lowest BCUT2D eigenvalue weighted by Gasteiger charge is -2.13. The van der Waals surface area contributed by atoms with Gasteiger partial charge in [-0.05, 0) is 19.1 Å². The molecule has 0 saturated heterocycles. The fraction of sp³-hybridized carbons (Fsp3) is 0.154. The smallest absolute Gasteiger partial charge is 0.215 e. The summed E-state index contributed by atoms with van der Waals surface area (Å²) in [6.45, 7) is 1.70. The number of nitrogens with zero attached hydrogens (tertiary/aromatic N) is 1. The molecule has 116 valence electrons. The zero-order chi connectivity index (χ0) is 16.1. The fourth-order valence-corrected chi connectivity index (χ4v) is 4.15. The van der Waals surface area contributed by atoms with Crippen LogP contribution in [0.2, 0.25) is 0 Å². The standard InChI is InChI=1S/C13H12ClFN4O2S/c1-6-17-9-10(12(14)18-6)19-13(16)11(9)22(20,21)8-5-3-2-4-7(8)15/h2-6,18-19H,16H2,1H3. The molecule has 1 unspecified atom stereocenters. The highest BCUT2D eigenvalue weighted by molar-refractivity contribution is 7.91. The number of anilines is 1. The molecule has 1 aromatic heterocycles. The monoisotopic (exact) mass is 342 g/mol. The van der Waals surface area contributed by atoms with E-state index in [1.807, 2.05) is 0 Å². The van der Waals surface area contributed by atoms with E-state index >= 15 is 0 Å². The molecular formula is C13H12ClFN4O2S. The van der Waals surface area contributed by atoms with Crippen LogP contribution in [-0.4, -0.2) is 19.6 Å². The molecular weight excluding hydrogens is 331 g/mol. The minimum atomic E-state index is -4.17. The summed E-state index contributed by atoms with van der Waals surface area (Å²) >= 11 is 6.04. The summed E-state index contributed by atoms with van der Waals surface area (Å²) in [5, 5.41) is 3.42. The summed E-state index contributed by atoms with van der Waals surface area (Å²) < 4.78 is 39.4. The van der Waals surface area contributed by atoms with Crippen molar-refractivity contribution in [2.45, 2.75) is 22.9 Å². The van der Waals surface area contributed by atoms with Gasteiger partial charge in [-0.25, -0.2) is 12.8 Å². The maximum Gasteiger partial charge on any atom is 0.215 e. The molecule has 22 heavy (non-hydrogen) atoms. The van der Waals surface area contributed by atoms with Crippen molar-refractivity contribution in [3.63, 3.8) is 0 Å². The minimum absolute atomic E-state index is 0.108. The van der Waals surface area contributed by atoms with Crippen LogP contribution in [0.15, 0.2) is 39.0 Å². The van der Waals surface area contributed by atoms with Crippen molar-refractivity contribution >= 4 is 32.4 Å². The topological polar surface area (TPSA) is 100 Å². The first-order chi connectivity index (χ1) is 10.3. The second-order valence-electron chi connectivity index (χ2n) is 4.79. The van der Waals surface area contributed by atoms with Crippen molar-refractivity contribution < 1.29 is 12.8 Å². The van der Waals surface area contributed by atoms with Crippen molar-refractivity contribution in [3.8, 4) is 0 Å². The van der Waals surface area contributed by atoms with E-state index in [1.54, 1.807) is 6.92 Å². The number of nitrogen functional groups attached to an aromatic ring is 1. The lowest BCUT2D eigenvalue weighted by atomic mass is 10.3. The molecule has 9 heteroatoms. The molecule has 6 nitrogen and oxygen atoms in total. The number of hydrogen-bond acceptors (Lipinski definition) is 5. The lowest BCUT2D eigenvalue weighted by molar-refractivity contribution is 0.566. The van der Waals surface area contributed by atoms with Crippen LogP contribution < -0.4 is 21.8 Å². The number of nitrogens with two attached hydrogens (primary N) is 1. The highest BCUT2D eigenvalue weighted by Gasteiger charge is 2.29. The number of H-pyrrole nitrogens is 1.